The third kappa shape index (κ3) is 5.25. The number of benzene rings is 1. The van der Waals surface area contributed by atoms with E-state index in [2.05, 4.69) is 17.6 Å². The van der Waals surface area contributed by atoms with Gasteiger partial charge in [-0.05, 0) is 42.5 Å². The zero-order chi connectivity index (χ0) is 14.6. The van der Waals surface area contributed by atoms with Gasteiger partial charge in [0.25, 0.3) is 0 Å². The number of carbonyl (C=O) groups excluding carboxylic acids is 1. The van der Waals surface area contributed by atoms with E-state index in [0.717, 1.165) is 38.1 Å². The van der Waals surface area contributed by atoms with Gasteiger partial charge in [-0.25, -0.2) is 8.78 Å². The minimum atomic E-state index is -0.918. The molecular weight excluding hydrogens is 298 g/mol. The van der Waals surface area contributed by atoms with Crippen LogP contribution >= 0.6 is 12.4 Å². The van der Waals surface area contributed by atoms with Gasteiger partial charge in [0.15, 0.2) is 11.6 Å². The minimum Gasteiger partial charge on any atom is -0.355 e. The highest BCUT2D eigenvalue weighted by Gasteiger charge is 2.26. The standard InChI is InChI=1S/C15H20F2N2O.ClH/c1-15(5-2-6-18-9-15)10-19-14(20)8-11-3-4-12(16)13(17)7-11;/h3-4,7,18H,2,5-6,8-10H2,1H3,(H,19,20);1H. The van der Waals surface area contributed by atoms with Gasteiger partial charge in [0.2, 0.25) is 5.91 Å². The second kappa shape index (κ2) is 7.71. The predicted molar refractivity (Wildman–Crippen MR) is 80.5 cm³/mol. The van der Waals surface area contributed by atoms with Crippen LogP contribution in [0.2, 0.25) is 0 Å². The average Bonchev–Trinajstić information content (AvgIpc) is 2.42. The molecule has 6 heteroatoms. The molecule has 1 fully saturated rings. The number of piperidine rings is 1. The number of amides is 1. The van der Waals surface area contributed by atoms with Gasteiger partial charge in [-0.15, -0.1) is 12.4 Å². The van der Waals surface area contributed by atoms with Crippen molar-refractivity contribution in [3.8, 4) is 0 Å². The summed E-state index contributed by atoms with van der Waals surface area (Å²) in [6, 6.07) is 3.55. The number of nitrogens with one attached hydrogen (secondary N) is 2. The molecule has 0 saturated carbocycles. The van der Waals surface area contributed by atoms with Crippen LogP contribution in [-0.2, 0) is 11.2 Å². The largest absolute Gasteiger partial charge is 0.355 e. The molecule has 1 unspecified atom stereocenters. The molecule has 1 aromatic rings. The lowest BCUT2D eigenvalue weighted by molar-refractivity contribution is -0.121. The highest BCUT2D eigenvalue weighted by molar-refractivity contribution is 5.85. The maximum atomic E-state index is 13.1. The van der Waals surface area contributed by atoms with E-state index in [-0.39, 0.29) is 30.2 Å². The highest BCUT2D eigenvalue weighted by atomic mass is 35.5. The Kier molecular flexibility index (Phi) is 6.55. The Morgan fingerprint density at radius 2 is 2.14 bits per heavy atom. The number of halogens is 3. The number of hydrogen-bond acceptors (Lipinski definition) is 2. The third-order valence-electron chi connectivity index (χ3n) is 3.75. The maximum absolute atomic E-state index is 13.1. The summed E-state index contributed by atoms with van der Waals surface area (Å²) in [7, 11) is 0. The Labute approximate surface area is 129 Å². The molecule has 0 bridgehead atoms. The van der Waals surface area contributed by atoms with Crippen molar-refractivity contribution in [1.29, 1.82) is 0 Å². The molecular formula is C15H21ClF2N2O. The van der Waals surface area contributed by atoms with Crippen molar-refractivity contribution in [3.63, 3.8) is 0 Å². The summed E-state index contributed by atoms with van der Waals surface area (Å²) in [4.78, 5) is 11.8. The van der Waals surface area contributed by atoms with E-state index < -0.39 is 11.6 Å². The topological polar surface area (TPSA) is 41.1 Å². The first-order chi connectivity index (χ1) is 9.48. The molecule has 2 N–H and O–H groups in total. The summed E-state index contributed by atoms with van der Waals surface area (Å²) in [5, 5.41) is 6.20. The van der Waals surface area contributed by atoms with E-state index in [4.69, 9.17) is 0 Å². The molecule has 1 heterocycles. The Hall–Kier alpha value is -1.20. The Balaban J connectivity index is 0.00000220. The lowest BCUT2D eigenvalue weighted by atomic mass is 9.83. The van der Waals surface area contributed by atoms with Crippen LogP contribution in [0.4, 0.5) is 8.78 Å². The van der Waals surface area contributed by atoms with E-state index in [0.29, 0.717) is 12.1 Å². The van der Waals surface area contributed by atoms with Crippen LogP contribution in [0.3, 0.4) is 0 Å². The van der Waals surface area contributed by atoms with Crippen molar-refractivity contribution < 1.29 is 13.6 Å². The van der Waals surface area contributed by atoms with Gasteiger partial charge < -0.3 is 10.6 Å². The quantitative estimate of drug-likeness (QED) is 0.895. The summed E-state index contributed by atoms with van der Waals surface area (Å²) in [5.41, 5.74) is 0.551. The predicted octanol–water partition coefficient (Wildman–Crippen LogP) is 2.44. The van der Waals surface area contributed by atoms with Gasteiger partial charge in [0, 0.05) is 13.1 Å². The van der Waals surface area contributed by atoms with Crippen molar-refractivity contribution in [2.24, 2.45) is 5.41 Å². The summed E-state index contributed by atoms with van der Waals surface area (Å²) in [6.07, 6.45) is 2.25. The molecule has 0 radical (unpaired) electrons. The van der Waals surface area contributed by atoms with Gasteiger partial charge in [-0.2, -0.15) is 0 Å². The molecule has 1 atom stereocenters. The zero-order valence-corrected chi connectivity index (χ0v) is 12.9. The summed E-state index contributed by atoms with van der Waals surface area (Å²) in [6.45, 7) is 4.65. The number of rotatable bonds is 4. The van der Waals surface area contributed by atoms with Gasteiger partial charge in [0.05, 0.1) is 6.42 Å². The van der Waals surface area contributed by atoms with Gasteiger partial charge in [0.1, 0.15) is 0 Å². The van der Waals surface area contributed by atoms with Crippen molar-refractivity contribution in [3.05, 3.63) is 35.4 Å². The van der Waals surface area contributed by atoms with E-state index in [1.807, 2.05) is 0 Å². The fraction of sp³-hybridized carbons (Fsp3) is 0.533. The molecule has 0 aromatic heterocycles. The van der Waals surface area contributed by atoms with Crippen LogP contribution in [0.25, 0.3) is 0 Å². The minimum absolute atomic E-state index is 0. The highest BCUT2D eigenvalue weighted by Crippen LogP contribution is 2.24. The van der Waals surface area contributed by atoms with E-state index in [9.17, 15) is 13.6 Å². The molecule has 1 aromatic carbocycles. The molecule has 2 rings (SSSR count). The molecule has 0 aliphatic carbocycles. The normalized spacial score (nSPS) is 21.5. The number of hydrogen-bond donors (Lipinski definition) is 2. The van der Waals surface area contributed by atoms with E-state index in [1.165, 1.54) is 6.07 Å². The Morgan fingerprint density at radius 1 is 1.38 bits per heavy atom. The van der Waals surface area contributed by atoms with Crippen LogP contribution in [0.1, 0.15) is 25.3 Å². The van der Waals surface area contributed by atoms with Crippen molar-refractivity contribution in [2.75, 3.05) is 19.6 Å². The lowest BCUT2D eigenvalue weighted by Gasteiger charge is -2.34. The second-order valence-corrected chi connectivity index (χ2v) is 5.79. The fourth-order valence-electron chi connectivity index (χ4n) is 2.48. The third-order valence-corrected chi connectivity index (χ3v) is 3.75. The van der Waals surface area contributed by atoms with E-state index >= 15 is 0 Å². The van der Waals surface area contributed by atoms with Crippen molar-refractivity contribution in [2.45, 2.75) is 26.2 Å². The molecule has 1 saturated heterocycles. The molecule has 1 amide bonds. The number of carbonyl (C=O) groups is 1. The van der Waals surface area contributed by atoms with Gasteiger partial charge >= 0.3 is 0 Å². The monoisotopic (exact) mass is 318 g/mol. The van der Waals surface area contributed by atoms with Crippen LogP contribution in [-0.4, -0.2) is 25.5 Å². The van der Waals surface area contributed by atoms with Gasteiger partial charge in [-0.3, -0.25) is 4.79 Å². The lowest BCUT2D eigenvalue weighted by Crippen LogP contribution is -2.45. The average molecular weight is 319 g/mol. The maximum Gasteiger partial charge on any atom is 0.224 e. The molecule has 0 spiro atoms. The fourth-order valence-corrected chi connectivity index (χ4v) is 2.48. The van der Waals surface area contributed by atoms with Crippen LogP contribution in [0.15, 0.2) is 18.2 Å². The zero-order valence-electron chi connectivity index (χ0n) is 12.0. The second-order valence-electron chi connectivity index (χ2n) is 5.79. The Morgan fingerprint density at radius 3 is 2.76 bits per heavy atom. The molecule has 118 valence electrons. The van der Waals surface area contributed by atoms with Crippen molar-refractivity contribution in [1.82, 2.24) is 10.6 Å². The van der Waals surface area contributed by atoms with Crippen molar-refractivity contribution >= 4 is 18.3 Å². The first-order valence-corrected chi connectivity index (χ1v) is 6.90. The summed E-state index contributed by atoms with van der Waals surface area (Å²) < 4.78 is 25.8. The van der Waals surface area contributed by atoms with Crippen LogP contribution in [0.5, 0.6) is 0 Å². The first-order valence-electron chi connectivity index (χ1n) is 6.90. The summed E-state index contributed by atoms with van der Waals surface area (Å²) >= 11 is 0. The first kappa shape index (κ1) is 17.9. The smallest absolute Gasteiger partial charge is 0.224 e. The SMILES string of the molecule is CC1(CNC(=O)Cc2ccc(F)c(F)c2)CCCNC1.Cl. The molecule has 3 nitrogen and oxygen atoms in total. The van der Waals surface area contributed by atoms with Gasteiger partial charge in [-0.1, -0.05) is 13.0 Å². The molecule has 21 heavy (non-hydrogen) atoms. The Bertz CT molecular complexity index is 491. The molecule has 1 aliphatic rings. The van der Waals surface area contributed by atoms with Crippen LogP contribution in [0, 0.1) is 17.0 Å². The van der Waals surface area contributed by atoms with E-state index in [1.54, 1.807) is 0 Å². The summed E-state index contributed by atoms with van der Waals surface area (Å²) in [5.74, 6) is -1.98. The molecule has 1 aliphatic heterocycles. The van der Waals surface area contributed by atoms with Crippen LogP contribution < -0.4 is 10.6 Å².